The van der Waals surface area contributed by atoms with Crippen LogP contribution in [0, 0.1) is 6.92 Å². The average molecular weight is 336 g/mol. The number of aryl methyl sites for hydroxylation is 1. The SMILES string of the molecule is CCCc1c(C(=O)Nc2cccc3cnncc23)[nH]c(C)c1C(C)=O. The molecule has 3 aromatic rings. The summed E-state index contributed by atoms with van der Waals surface area (Å²) in [5.41, 5.74) is 3.24. The zero-order valence-electron chi connectivity index (χ0n) is 14.5. The number of ketones is 1. The molecule has 2 heterocycles. The van der Waals surface area contributed by atoms with Crippen LogP contribution in [-0.4, -0.2) is 26.9 Å². The highest BCUT2D eigenvalue weighted by molar-refractivity contribution is 6.10. The number of benzene rings is 1. The van der Waals surface area contributed by atoms with Gasteiger partial charge in [0, 0.05) is 22.0 Å². The quantitative estimate of drug-likeness (QED) is 0.696. The minimum Gasteiger partial charge on any atom is -0.354 e. The number of hydrogen-bond acceptors (Lipinski definition) is 4. The third-order valence-electron chi connectivity index (χ3n) is 4.21. The summed E-state index contributed by atoms with van der Waals surface area (Å²) in [5.74, 6) is -0.292. The van der Waals surface area contributed by atoms with Gasteiger partial charge >= 0.3 is 0 Å². The van der Waals surface area contributed by atoms with Crippen LogP contribution in [0.5, 0.6) is 0 Å². The lowest BCUT2D eigenvalue weighted by molar-refractivity contribution is 0.101. The normalized spacial score (nSPS) is 10.8. The van der Waals surface area contributed by atoms with Gasteiger partial charge in [-0.2, -0.15) is 10.2 Å². The number of amides is 1. The second-order valence-corrected chi connectivity index (χ2v) is 6.04. The molecule has 1 amide bonds. The van der Waals surface area contributed by atoms with Crippen molar-refractivity contribution >= 4 is 28.2 Å². The summed E-state index contributed by atoms with van der Waals surface area (Å²) in [6, 6.07) is 5.59. The third-order valence-corrected chi connectivity index (χ3v) is 4.21. The van der Waals surface area contributed by atoms with E-state index in [0.29, 0.717) is 23.4 Å². The van der Waals surface area contributed by atoms with E-state index in [-0.39, 0.29) is 11.7 Å². The molecule has 1 aromatic carbocycles. The number of aromatic nitrogens is 3. The van der Waals surface area contributed by atoms with Crippen LogP contribution >= 0.6 is 0 Å². The van der Waals surface area contributed by atoms with Crippen LogP contribution in [-0.2, 0) is 6.42 Å². The first-order chi connectivity index (χ1) is 12.0. The molecule has 0 aliphatic rings. The second-order valence-electron chi connectivity index (χ2n) is 6.04. The van der Waals surface area contributed by atoms with Crippen molar-refractivity contribution in [1.82, 2.24) is 15.2 Å². The Hall–Kier alpha value is -3.02. The fraction of sp³-hybridized carbons (Fsp3) is 0.263. The molecule has 25 heavy (non-hydrogen) atoms. The Kier molecular flexibility index (Phi) is 4.61. The number of nitrogens with one attached hydrogen (secondary N) is 2. The first kappa shape index (κ1) is 16.8. The number of Topliss-reactive ketones (excluding diaryl/α,β-unsaturated/α-hetero) is 1. The molecule has 0 saturated heterocycles. The maximum Gasteiger partial charge on any atom is 0.272 e. The number of carbonyl (C=O) groups is 2. The third kappa shape index (κ3) is 3.15. The minimum absolute atomic E-state index is 0.0308. The molecular weight excluding hydrogens is 316 g/mol. The van der Waals surface area contributed by atoms with Gasteiger partial charge in [-0.05, 0) is 31.9 Å². The molecular formula is C19H20N4O2. The van der Waals surface area contributed by atoms with E-state index in [1.807, 2.05) is 32.0 Å². The van der Waals surface area contributed by atoms with Gasteiger partial charge < -0.3 is 10.3 Å². The molecule has 0 bridgehead atoms. The van der Waals surface area contributed by atoms with Gasteiger partial charge in [-0.15, -0.1) is 0 Å². The van der Waals surface area contributed by atoms with E-state index in [1.54, 1.807) is 12.4 Å². The lowest BCUT2D eigenvalue weighted by Gasteiger charge is -2.09. The van der Waals surface area contributed by atoms with Gasteiger partial charge in [-0.25, -0.2) is 0 Å². The molecule has 0 unspecified atom stereocenters. The maximum absolute atomic E-state index is 12.9. The Morgan fingerprint density at radius 1 is 1.20 bits per heavy atom. The van der Waals surface area contributed by atoms with E-state index in [1.165, 1.54) is 6.92 Å². The highest BCUT2D eigenvalue weighted by atomic mass is 16.2. The summed E-state index contributed by atoms with van der Waals surface area (Å²) in [4.78, 5) is 27.9. The predicted molar refractivity (Wildman–Crippen MR) is 97.0 cm³/mol. The molecule has 0 radical (unpaired) electrons. The predicted octanol–water partition coefficient (Wildman–Crippen LogP) is 3.67. The number of hydrogen-bond donors (Lipinski definition) is 2. The topological polar surface area (TPSA) is 87.7 Å². The Balaban J connectivity index is 2.01. The van der Waals surface area contributed by atoms with Crippen molar-refractivity contribution in [2.24, 2.45) is 0 Å². The van der Waals surface area contributed by atoms with Crippen molar-refractivity contribution < 1.29 is 9.59 Å². The van der Waals surface area contributed by atoms with Crippen LogP contribution in [0.15, 0.2) is 30.6 Å². The lowest BCUT2D eigenvalue weighted by atomic mass is 10.0. The van der Waals surface area contributed by atoms with E-state index in [4.69, 9.17) is 0 Å². The molecule has 0 aliphatic heterocycles. The summed E-state index contributed by atoms with van der Waals surface area (Å²) >= 11 is 0. The van der Waals surface area contributed by atoms with Gasteiger partial charge in [0.2, 0.25) is 0 Å². The van der Waals surface area contributed by atoms with Crippen molar-refractivity contribution in [2.75, 3.05) is 5.32 Å². The van der Waals surface area contributed by atoms with Crippen molar-refractivity contribution in [3.63, 3.8) is 0 Å². The lowest BCUT2D eigenvalue weighted by Crippen LogP contribution is -2.15. The molecule has 0 atom stereocenters. The molecule has 0 aliphatic carbocycles. The van der Waals surface area contributed by atoms with E-state index in [2.05, 4.69) is 20.5 Å². The second kappa shape index (κ2) is 6.84. The van der Waals surface area contributed by atoms with Crippen LogP contribution in [0.2, 0.25) is 0 Å². The number of carbonyl (C=O) groups excluding carboxylic acids is 2. The standard InChI is InChI=1S/C19H20N4O2/c1-4-6-14-17(12(3)24)11(2)22-18(14)19(25)23-16-8-5-7-13-9-20-21-10-15(13)16/h5,7-10,22H,4,6H2,1-3H3,(H,23,25). The Morgan fingerprint density at radius 3 is 2.68 bits per heavy atom. The Bertz CT molecular complexity index is 954. The summed E-state index contributed by atoms with van der Waals surface area (Å²) in [6.45, 7) is 5.37. The smallest absolute Gasteiger partial charge is 0.272 e. The molecule has 2 aromatic heterocycles. The number of anilines is 1. The largest absolute Gasteiger partial charge is 0.354 e. The molecule has 6 heteroatoms. The fourth-order valence-electron chi connectivity index (χ4n) is 3.17. The number of nitrogens with zero attached hydrogens (tertiary/aromatic N) is 2. The molecule has 3 rings (SSSR count). The van der Waals surface area contributed by atoms with Gasteiger partial charge in [0.15, 0.2) is 5.78 Å². The van der Waals surface area contributed by atoms with Crippen molar-refractivity contribution in [2.45, 2.75) is 33.6 Å². The minimum atomic E-state index is -0.261. The number of aromatic amines is 1. The highest BCUT2D eigenvalue weighted by Gasteiger charge is 2.22. The van der Waals surface area contributed by atoms with Gasteiger partial charge in [0.1, 0.15) is 5.69 Å². The summed E-state index contributed by atoms with van der Waals surface area (Å²) in [6.07, 6.45) is 4.80. The van der Waals surface area contributed by atoms with E-state index < -0.39 is 0 Å². The van der Waals surface area contributed by atoms with E-state index in [9.17, 15) is 9.59 Å². The Labute approximate surface area is 145 Å². The van der Waals surface area contributed by atoms with Crippen LogP contribution in [0.1, 0.15) is 52.4 Å². The molecule has 0 spiro atoms. The van der Waals surface area contributed by atoms with E-state index in [0.717, 1.165) is 28.5 Å². The van der Waals surface area contributed by atoms with Gasteiger partial charge in [-0.3, -0.25) is 9.59 Å². The summed E-state index contributed by atoms with van der Waals surface area (Å²) in [5, 5.41) is 12.4. The van der Waals surface area contributed by atoms with Crippen LogP contribution < -0.4 is 5.32 Å². The first-order valence-corrected chi connectivity index (χ1v) is 8.26. The molecule has 128 valence electrons. The average Bonchev–Trinajstić information content (AvgIpc) is 2.92. The van der Waals surface area contributed by atoms with Gasteiger partial charge in [-0.1, -0.05) is 25.5 Å². The molecule has 0 saturated carbocycles. The molecule has 0 fully saturated rings. The van der Waals surface area contributed by atoms with Gasteiger partial charge in [0.05, 0.1) is 18.1 Å². The zero-order chi connectivity index (χ0) is 18.0. The Morgan fingerprint density at radius 2 is 1.96 bits per heavy atom. The number of H-pyrrole nitrogens is 1. The molecule has 2 N–H and O–H groups in total. The maximum atomic E-state index is 12.9. The number of rotatable bonds is 5. The van der Waals surface area contributed by atoms with Crippen molar-refractivity contribution in [3.05, 3.63) is 53.1 Å². The molecule has 6 nitrogen and oxygen atoms in total. The van der Waals surface area contributed by atoms with Crippen LogP contribution in [0.3, 0.4) is 0 Å². The highest BCUT2D eigenvalue weighted by Crippen LogP contribution is 2.25. The first-order valence-electron chi connectivity index (χ1n) is 8.26. The van der Waals surface area contributed by atoms with Crippen LogP contribution in [0.4, 0.5) is 5.69 Å². The van der Waals surface area contributed by atoms with Gasteiger partial charge in [0.25, 0.3) is 5.91 Å². The number of fused-ring (bicyclic) bond motifs is 1. The van der Waals surface area contributed by atoms with E-state index >= 15 is 0 Å². The van der Waals surface area contributed by atoms with Crippen molar-refractivity contribution in [1.29, 1.82) is 0 Å². The fourth-order valence-corrected chi connectivity index (χ4v) is 3.17. The summed E-state index contributed by atoms with van der Waals surface area (Å²) in [7, 11) is 0. The summed E-state index contributed by atoms with van der Waals surface area (Å²) < 4.78 is 0. The monoisotopic (exact) mass is 336 g/mol. The zero-order valence-corrected chi connectivity index (χ0v) is 14.5. The van der Waals surface area contributed by atoms with Crippen molar-refractivity contribution in [3.8, 4) is 0 Å². The van der Waals surface area contributed by atoms with Crippen LogP contribution in [0.25, 0.3) is 10.8 Å².